The molecule has 10 heteroatoms. The van der Waals surface area contributed by atoms with E-state index in [9.17, 15) is 9.59 Å². The third-order valence-electron chi connectivity index (χ3n) is 4.21. The first-order valence-corrected chi connectivity index (χ1v) is 9.10. The summed E-state index contributed by atoms with van der Waals surface area (Å²) in [6, 6.07) is 12.4. The summed E-state index contributed by atoms with van der Waals surface area (Å²) >= 11 is 6.02. The minimum Gasteiger partial charge on any atom is -0.487 e. The van der Waals surface area contributed by atoms with Crippen LogP contribution in [-0.4, -0.2) is 36.0 Å². The number of aromatic amines is 1. The van der Waals surface area contributed by atoms with Crippen molar-refractivity contribution in [1.29, 1.82) is 0 Å². The van der Waals surface area contributed by atoms with E-state index in [1.807, 2.05) is 18.2 Å². The zero-order valence-electron chi connectivity index (χ0n) is 15.3. The lowest BCUT2D eigenvalue weighted by atomic mass is 10.1. The van der Waals surface area contributed by atoms with Gasteiger partial charge >= 0.3 is 5.97 Å². The van der Waals surface area contributed by atoms with E-state index in [0.29, 0.717) is 22.0 Å². The van der Waals surface area contributed by atoms with Crippen LogP contribution >= 0.6 is 11.6 Å². The minimum atomic E-state index is -1.34. The Kier molecular flexibility index (Phi) is 5.27. The van der Waals surface area contributed by atoms with Crippen LogP contribution in [0.5, 0.6) is 5.75 Å². The van der Waals surface area contributed by atoms with E-state index in [2.05, 4.69) is 20.3 Å². The number of halogens is 1. The van der Waals surface area contributed by atoms with Crippen molar-refractivity contribution < 1.29 is 14.6 Å². The zero-order chi connectivity index (χ0) is 21.1. The molecule has 0 saturated carbocycles. The molecule has 0 aliphatic rings. The number of carboxylic acids is 1. The Hall–Kier alpha value is -3.98. The van der Waals surface area contributed by atoms with Gasteiger partial charge in [-0.25, -0.2) is 14.5 Å². The second kappa shape index (κ2) is 8.18. The van der Waals surface area contributed by atoms with Gasteiger partial charge < -0.3 is 14.8 Å². The monoisotopic (exact) mass is 423 g/mol. The topological polar surface area (TPSA) is 123 Å². The molecule has 2 aromatic carbocycles. The Morgan fingerprint density at radius 3 is 2.80 bits per heavy atom. The molecule has 0 saturated heterocycles. The van der Waals surface area contributed by atoms with Gasteiger partial charge in [-0.05, 0) is 35.9 Å². The number of carbonyl (C=O) groups is 1. The fourth-order valence-electron chi connectivity index (χ4n) is 2.78. The summed E-state index contributed by atoms with van der Waals surface area (Å²) in [5.41, 5.74) is 0.834. The van der Waals surface area contributed by atoms with Crippen LogP contribution in [-0.2, 0) is 6.61 Å². The lowest BCUT2D eigenvalue weighted by Crippen LogP contribution is -2.18. The lowest BCUT2D eigenvalue weighted by Gasteiger charge is -2.13. The van der Waals surface area contributed by atoms with Crippen molar-refractivity contribution in [2.45, 2.75) is 6.61 Å². The number of hydrogen-bond acceptors (Lipinski definition) is 6. The van der Waals surface area contributed by atoms with Crippen LogP contribution < -0.4 is 10.3 Å². The highest BCUT2D eigenvalue weighted by Gasteiger charge is 2.14. The van der Waals surface area contributed by atoms with Crippen molar-refractivity contribution in [3.63, 3.8) is 0 Å². The molecule has 9 nitrogen and oxygen atoms in total. The fraction of sp³-hybridized carbons (Fsp3) is 0.0500. The third-order valence-corrected chi connectivity index (χ3v) is 4.45. The highest BCUT2D eigenvalue weighted by molar-refractivity contribution is 6.30. The van der Waals surface area contributed by atoms with Crippen molar-refractivity contribution in [3.8, 4) is 22.8 Å². The Morgan fingerprint density at radius 2 is 2.10 bits per heavy atom. The second-order valence-electron chi connectivity index (χ2n) is 6.23. The molecule has 2 heterocycles. The predicted octanol–water partition coefficient (Wildman–Crippen LogP) is 2.95. The normalized spacial score (nSPS) is 10.7. The first-order chi connectivity index (χ1) is 14.5. The van der Waals surface area contributed by atoms with Gasteiger partial charge in [0.2, 0.25) is 0 Å². The molecule has 0 atom stereocenters. The molecule has 150 valence electrons. The van der Waals surface area contributed by atoms with Crippen LogP contribution in [0.4, 0.5) is 0 Å². The highest BCUT2D eigenvalue weighted by atomic mass is 35.5. The maximum Gasteiger partial charge on any atom is 0.342 e. The van der Waals surface area contributed by atoms with Gasteiger partial charge in [0.25, 0.3) is 5.56 Å². The molecule has 0 aliphatic carbocycles. The van der Waals surface area contributed by atoms with Gasteiger partial charge in [0.15, 0.2) is 0 Å². The summed E-state index contributed by atoms with van der Waals surface area (Å²) in [4.78, 5) is 29.5. The molecule has 2 aromatic heterocycles. The van der Waals surface area contributed by atoms with Crippen molar-refractivity contribution in [3.05, 3.63) is 87.6 Å². The van der Waals surface area contributed by atoms with Crippen molar-refractivity contribution >= 4 is 17.6 Å². The Labute approximate surface area is 174 Å². The smallest absolute Gasteiger partial charge is 0.342 e. The lowest BCUT2D eigenvalue weighted by molar-refractivity contribution is 0.0694. The summed E-state index contributed by atoms with van der Waals surface area (Å²) in [6.07, 6.45) is 4.19. The number of carboxylic acid groups (broad SMARTS) is 1. The van der Waals surface area contributed by atoms with Crippen LogP contribution in [0.1, 0.15) is 15.9 Å². The summed E-state index contributed by atoms with van der Waals surface area (Å²) in [6.45, 7) is 0.282. The first kappa shape index (κ1) is 19.3. The summed E-state index contributed by atoms with van der Waals surface area (Å²) in [5, 5.41) is 17.4. The molecular formula is C20H14ClN5O4. The largest absolute Gasteiger partial charge is 0.487 e. The van der Waals surface area contributed by atoms with E-state index in [4.69, 9.17) is 21.4 Å². The van der Waals surface area contributed by atoms with Gasteiger partial charge in [0.1, 0.15) is 29.4 Å². The number of nitrogens with one attached hydrogen (secondary N) is 1. The predicted molar refractivity (Wildman–Crippen MR) is 108 cm³/mol. The first-order valence-electron chi connectivity index (χ1n) is 8.72. The maximum atomic E-state index is 12.0. The zero-order valence-corrected chi connectivity index (χ0v) is 16.1. The quantitative estimate of drug-likeness (QED) is 0.488. The molecule has 0 bridgehead atoms. The van der Waals surface area contributed by atoms with Gasteiger partial charge in [0, 0.05) is 16.8 Å². The third kappa shape index (κ3) is 4.06. The number of aromatic nitrogens is 5. The minimum absolute atomic E-state index is 0.216. The molecule has 30 heavy (non-hydrogen) atoms. The van der Waals surface area contributed by atoms with Gasteiger partial charge in [-0.2, -0.15) is 0 Å². The van der Waals surface area contributed by atoms with Crippen LogP contribution in [0.3, 0.4) is 0 Å². The Morgan fingerprint density at radius 1 is 1.23 bits per heavy atom. The van der Waals surface area contributed by atoms with E-state index in [1.54, 1.807) is 30.5 Å². The SMILES string of the molecule is O=C(O)c1cnc(-c2ccc(OCc3cccc(Cl)c3)c(-n3ccnn3)c2)[nH]c1=O. The van der Waals surface area contributed by atoms with Crippen molar-refractivity contribution in [1.82, 2.24) is 25.0 Å². The van der Waals surface area contributed by atoms with Crippen LogP contribution in [0.2, 0.25) is 5.02 Å². The second-order valence-corrected chi connectivity index (χ2v) is 6.66. The Bertz CT molecular complexity index is 1270. The molecule has 0 amide bonds. The molecule has 4 rings (SSSR count). The van der Waals surface area contributed by atoms with E-state index < -0.39 is 17.1 Å². The number of benzene rings is 2. The van der Waals surface area contributed by atoms with Gasteiger partial charge in [0.05, 0.1) is 12.4 Å². The van der Waals surface area contributed by atoms with Crippen LogP contribution in [0.15, 0.2) is 65.8 Å². The van der Waals surface area contributed by atoms with E-state index in [1.165, 1.54) is 10.9 Å². The molecule has 4 aromatic rings. The Balaban J connectivity index is 1.70. The summed E-state index contributed by atoms with van der Waals surface area (Å²) in [5.74, 6) is -0.607. The molecular weight excluding hydrogens is 410 g/mol. The number of H-pyrrole nitrogens is 1. The van der Waals surface area contributed by atoms with E-state index in [-0.39, 0.29) is 12.4 Å². The van der Waals surface area contributed by atoms with Gasteiger partial charge in [-0.15, -0.1) is 5.10 Å². The number of hydrogen-bond donors (Lipinski definition) is 2. The van der Waals surface area contributed by atoms with E-state index in [0.717, 1.165) is 11.8 Å². The maximum absolute atomic E-state index is 12.0. The number of ether oxygens (including phenoxy) is 1. The van der Waals surface area contributed by atoms with E-state index >= 15 is 0 Å². The molecule has 0 unspecified atom stereocenters. The standard InChI is InChI=1S/C20H14ClN5O4/c21-14-3-1-2-12(8-14)11-30-17-5-4-13(9-16(17)26-7-6-23-25-26)18-22-10-15(20(28)29)19(27)24-18/h1-10H,11H2,(H,28,29)(H,22,24,27). The van der Waals surface area contributed by atoms with Crippen LogP contribution in [0.25, 0.3) is 17.1 Å². The molecule has 2 N–H and O–H groups in total. The molecule has 0 aliphatic heterocycles. The number of aromatic carboxylic acids is 1. The number of nitrogens with zero attached hydrogens (tertiary/aromatic N) is 4. The van der Waals surface area contributed by atoms with Crippen molar-refractivity contribution in [2.24, 2.45) is 0 Å². The number of rotatable bonds is 6. The van der Waals surface area contributed by atoms with Gasteiger partial charge in [-0.1, -0.05) is 28.9 Å². The molecule has 0 radical (unpaired) electrons. The van der Waals surface area contributed by atoms with Crippen LogP contribution in [0, 0.1) is 0 Å². The van der Waals surface area contributed by atoms with Crippen molar-refractivity contribution in [2.75, 3.05) is 0 Å². The average molecular weight is 424 g/mol. The average Bonchev–Trinajstić information content (AvgIpc) is 3.26. The van der Waals surface area contributed by atoms with Gasteiger partial charge in [-0.3, -0.25) is 4.79 Å². The summed E-state index contributed by atoms with van der Waals surface area (Å²) in [7, 11) is 0. The molecule has 0 fully saturated rings. The highest BCUT2D eigenvalue weighted by Crippen LogP contribution is 2.28. The molecule has 0 spiro atoms. The fourth-order valence-corrected chi connectivity index (χ4v) is 3.00. The summed E-state index contributed by atoms with van der Waals surface area (Å²) < 4.78 is 7.46.